The summed E-state index contributed by atoms with van der Waals surface area (Å²) in [6.07, 6.45) is -5.59. The Kier molecular flexibility index (Phi) is 7.19. The van der Waals surface area contributed by atoms with Gasteiger partial charge in [-0.15, -0.1) is 0 Å². The number of ether oxygens (including phenoxy) is 4. The zero-order valence-corrected chi connectivity index (χ0v) is 18.3. The van der Waals surface area contributed by atoms with Crippen LogP contribution in [0.1, 0.15) is 31.1 Å². The molecule has 1 unspecified atom stereocenters. The van der Waals surface area contributed by atoms with Crippen molar-refractivity contribution in [2.75, 3.05) is 6.61 Å². The van der Waals surface area contributed by atoms with E-state index >= 15 is 4.39 Å². The highest BCUT2D eigenvalue weighted by Crippen LogP contribution is 2.37. The third-order valence-corrected chi connectivity index (χ3v) is 5.22. The molecule has 8 nitrogen and oxygen atoms in total. The number of hydrogen-bond acceptors (Lipinski definition) is 8. The summed E-state index contributed by atoms with van der Waals surface area (Å²) in [4.78, 5) is 37.3. The van der Waals surface area contributed by atoms with Gasteiger partial charge in [0.15, 0.2) is 6.10 Å². The lowest BCUT2D eigenvalue weighted by Gasteiger charge is -2.25. The van der Waals surface area contributed by atoms with E-state index in [1.165, 1.54) is 36.4 Å². The minimum absolute atomic E-state index is 0.0867. The molecule has 3 aromatic rings. The van der Waals surface area contributed by atoms with Crippen LogP contribution in [0.15, 0.2) is 91.0 Å². The smallest absolute Gasteiger partial charge is 0.340 e. The van der Waals surface area contributed by atoms with Gasteiger partial charge in [0.25, 0.3) is 6.29 Å². The summed E-state index contributed by atoms with van der Waals surface area (Å²) in [5.74, 6) is -6.10. The number of esters is 3. The van der Waals surface area contributed by atoms with Crippen LogP contribution in [-0.4, -0.2) is 54.0 Å². The average molecular weight is 479 g/mol. The van der Waals surface area contributed by atoms with E-state index in [1.54, 1.807) is 54.6 Å². The number of carbonyl (C=O) groups excluding carboxylic acids is 3. The molecule has 0 aromatic heterocycles. The van der Waals surface area contributed by atoms with Gasteiger partial charge in [0.1, 0.15) is 12.7 Å². The molecule has 0 spiro atoms. The van der Waals surface area contributed by atoms with E-state index in [2.05, 4.69) is 0 Å². The van der Waals surface area contributed by atoms with Gasteiger partial charge in [-0.2, -0.15) is 0 Å². The number of alkyl halides is 1. The maximum atomic E-state index is 15.5. The summed E-state index contributed by atoms with van der Waals surface area (Å²) in [6.45, 7) is -0.591. The Bertz CT molecular complexity index is 1170. The number of hydrogen-bond donors (Lipinski definition) is 1. The predicted octanol–water partition coefficient (Wildman–Crippen LogP) is 3.31. The van der Waals surface area contributed by atoms with Gasteiger partial charge in [0.2, 0.25) is 0 Å². The van der Waals surface area contributed by atoms with Crippen LogP contribution in [0.2, 0.25) is 0 Å². The normalized spacial score (nSPS) is 23.3. The summed E-state index contributed by atoms with van der Waals surface area (Å²) in [7, 11) is 0. The zero-order chi connectivity index (χ0) is 24.8. The van der Waals surface area contributed by atoms with Crippen molar-refractivity contribution in [1.29, 1.82) is 0 Å². The highest BCUT2D eigenvalue weighted by molar-refractivity contribution is 5.90. The molecule has 9 heteroatoms. The third kappa shape index (κ3) is 5.53. The van der Waals surface area contributed by atoms with E-state index < -0.39 is 48.9 Å². The van der Waals surface area contributed by atoms with Crippen LogP contribution < -0.4 is 0 Å². The molecule has 35 heavy (non-hydrogen) atoms. The van der Waals surface area contributed by atoms with Gasteiger partial charge in [-0.25, -0.2) is 18.8 Å². The Morgan fingerprint density at radius 2 is 1.17 bits per heavy atom. The standard InChI is InChI=1S/C26H21FO8/c27-26(31)21(34-23(29)18-12-6-2-7-13-18)20(16-32-22(28)17-10-4-1-5-11-17)33-25(26)35-24(30)19-14-8-3-9-15-19/h1-15,20-21,25,31H,16H2/t20-,21-,25?,26+/m1/s1/i27-1. The van der Waals surface area contributed by atoms with Gasteiger partial charge in [-0.05, 0) is 36.4 Å². The summed E-state index contributed by atoms with van der Waals surface area (Å²) in [5, 5.41) is 10.6. The molecular formula is C26H21FO8. The first-order valence-electron chi connectivity index (χ1n) is 10.7. The second-order valence-electron chi connectivity index (χ2n) is 7.66. The van der Waals surface area contributed by atoms with Crippen LogP contribution in [0.4, 0.5) is 4.39 Å². The second kappa shape index (κ2) is 10.5. The molecule has 0 saturated carbocycles. The van der Waals surface area contributed by atoms with Gasteiger partial charge < -0.3 is 24.1 Å². The molecule has 4 rings (SSSR count). The lowest BCUT2D eigenvalue weighted by Crippen LogP contribution is -2.48. The van der Waals surface area contributed by atoms with Crippen LogP contribution in [0.25, 0.3) is 0 Å². The molecule has 4 atom stereocenters. The summed E-state index contributed by atoms with van der Waals surface area (Å²) in [5.41, 5.74) is 0.405. The highest BCUT2D eigenvalue weighted by Gasteiger charge is 2.62. The highest BCUT2D eigenvalue weighted by atomic mass is 18.2. The molecule has 0 aliphatic carbocycles. The van der Waals surface area contributed by atoms with E-state index in [9.17, 15) is 19.5 Å². The van der Waals surface area contributed by atoms with Crippen molar-refractivity contribution < 1.29 is 42.8 Å². The van der Waals surface area contributed by atoms with Crippen LogP contribution in [0, 0.1) is 0 Å². The van der Waals surface area contributed by atoms with Gasteiger partial charge in [0.05, 0.1) is 16.7 Å². The number of rotatable bonds is 7. The van der Waals surface area contributed by atoms with Crippen molar-refractivity contribution in [2.45, 2.75) is 24.4 Å². The molecule has 1 heterocycles. The molecule has 1 aliphatic rings. The van der Waals surface area contributed by atoms with Crippen molar-refractivity contribution in [2.24, 2.45) is 0 Å². The van der Waals surface area contributed by atoms with Gasteiger partial charge in [0, 0.05) is 0 Å². The van der Waals surface area contributed by atoms with Crippen LogP contribution >= 0.6 is 0 Å². The number of carbonyl (C=O) groups is 3. The van der Waals surface area contributed by atoms with Crippen molar-refractivity contribution in [3.63, 3.8) is 0 Å². The first kappa shape index (κ1) is 24.1. The lowest BCUT2D eigenvalue weighted by molar-refractivity contribution is -0.238. The Hall–Kier alpha value is -4.08. The third-order valence-electron chi connectivity index (χ3n) is 5.22. The fourth-order valence-electron chi connectivity index (χ4n) is 3.43. The fourth-order valence-corrected chi connectivity index (χ4v) is 3.43. The van der Waals surface area contributed by atoms with Crippen molar-refractivity contribution in [3.8, 4) is 0 Å². The van der Waals surface area contributed by atoms with Gasteiger partial charge in [-0.1, -0.05) is 54.6 Å². The molecular weight excluding hydrogens is 458 g/mol. The monoisotopic (exact) mass is 479 g/mol. The minimum Gasteiger partial charge on any atom is -0.459 e. The predicted molar refractivity (Wildman–Crippen MR) is 119 cm³/mol. The number of aliphatic hydroxyl groups is 1. The minimum atomic E-state index is -3.43. The van der Waals surface area contributed by atoms with E-state index in [1.807, 2.05) is 0 Å². The maximum absolute atomic E-state index is 15.5. The molecule has 3 aromatic carbocycles. The lowest BCUT2D eigenvalue weighted by atomic mass is 10.1. The molecule has 1 aliphatic heterocycles. The first-order chi connectivity index (χ1) is 16.9. The van der Waals surface area contributed by atoms with E-state index in [0.29, 0.717) is 0 Å². The summed E-state index contributed by atoms with van der Waals surface area (Å²) < 4.78 is 36.3. The molecule has 0 radical (unpaired) electrons. The summed E-state index contributed by atoms with van der Waals surface area (Å²) in [6, 6.07) is 23.4. The molecule has 1 N–H and O–H groups in total. The average Bonchev–Trinajstić information content (AvgIpc) is 3.12. The Morgan fingerprint density at radius 1 is 0.743 bits per heavy atom. The Labute approximate surface area is 199 Å². The van der Waals surface area contributed by atoms with Crippen molar-refractivity contribution in [3.05, 3.63) is 108 Å². The SMILES string of the molecule is O=C(OC[C@H]1OC(OC(=O)c2ccccc2)[C@](O)([18F])[C@@H]1OC(=O)c1ccccc1)c1ccccc1. The van der Waals surface area contributed by atoms with Crippen molar-refractivity contribution in [1.82, 2.24) is 0 Å². The van der Waals surface area contributed by atoms with Crippen molar-refractivity contribution >= 4 is 17.9 Å². The van der Waals surface area contributed by atoms with E-state index in [-0.39, 0.29) is 16.7 Å². The fraction of sp³-hybridized carbons (Fsp3) is 0.192. The van der Waals surface area contributed by atoms with Crippen LogP contribution in [0.5, 0.6) is 0 Å². The largest absolute Gasteiger partial charge is 0.459 e. The Morgan fingerprint density at radius 3 is 1.66 bits per heavy atom. The number of benzene rings is 3. The summed E-state index contributed by atoms with van der Waals surface area (Å²) >= 11 is 0. The topological polar surface area (TPSA) is 108 Å². The first-order valence-corrected chi connectivity index (χ1v) is 10.7. The Balaban J connectivity index is 1.53. The second-order valence-corrected chi connectivity index (χ2v) is 7.66. The molecule has 1 saturated heterocycles. The van der Waals surface area contributed by atoms with Crippen LogP contribution in [0.3, 0.4) is 0 Å². The van der Waals surface area contributed by atoms with Gasteiger partial charge >= 0.3 is 23.8 Å². The van der Waals surface area contributed by atoms with E-state index in [4.69, 9.17) is 18.9 Å². The van der Waals surface area contributed by atoms with E-state index in [0.717, 1.165) is 0 Å². The number of halogens is 1. The molecule has 1 fully saturated rings. The maximum Gasteiger partial charge on any atom is 0.340 e. The quantitative estimate of drug-likeness (QED) is 0.406. The van der Waals surface area contributed by atoms with Crippen LogP contribution in [-0.2, 0) is 18.9 Å². The molecule has 0 bridgehead atoms. The molecule has 180 valence electrons. The van der Waals surface area contributed by atoms with Gasteiger partial charge in [-0.3, -0.25) is 0 Å². The zero-order valence-electron chi connectivity index (χ0n) is 18.3. The molecule has 0 amide bonds.